The molecule has 0 saturated carbocycles. The van der Waals surface area contributed by atoms with Crippen molar-refractivity contribution in [2.75, 3.05) is 5.73 Å². The van der Waals surface area contributed by atoms with Gasteiger partial charge in [0.15, 0.2) is 0 Å². The summed E-state index contributed by atoms with van der Waals surface area (Å²) in [6, 6.07) is 22.4. The first kappa shape index (κ1) is 14.4. The average molecular weight is 305 g/mol. The molecule has 0 aliphatic carbocycles. The predicted octanol–water partition coefficient (Wildman–Crippen LogP) is 4.35. The highest BCUT2D eigenvalue weighted by Gasteiger charge is 2.05. The predicted molar refractivity (Wildman–Crippen MR) is 93.1 cm³/mol. The van der Waals surface area contributed by atoms with E-state index in [-0.39, 0.29) is 5.95 Å². The minimum Gasteiger partial charge on any atom is -0.368 e. The largest absolute Gasteiger partial charge is 0.368 e. The molecule has 1 heterocycles. The molecule has 0 aliphatic rings. The van der Waals surface area contributed by atoms with Gasteiger partial charge in [0.25, 0.3) is 0 Å². The van der Waals surface area contributed by atoms with E-state index in [0.717, 1.165) is 16.2 Å². The fraction of sp³-hybridized carbons (Fsp3) is 0. The highest BCUT2D eigenvalue weighted by Crippen LogP contribution is 2.35. The second-order valence-electron chi connectivity index (χ2n) is 4.63. The monoisotopic (exact) mass is 305 g/mol. The Morgan fingerprint density at radius 3 is 2.27 bits per heavy atom. The first-order valence-electron chi connectivity index (χ1n) is 6.90. The van der Waals surface area contributed by atoms with Crippen molar-refractivity contribution in [1.29, 1.82) is 0 Å². The number of nitrogens with zero attached hydrogens (tertiary/aromatic N) is 2. The number of aromatic nitrogens is 2. The van der Waals surface area contributed by atoms with Crippen LogP contribution in [0.3, 0.4) is 0 Å². The fourth-order valence-electron chi connectivity index (χ4n) is 1.99. The third kappa shape index (κ3) is 3.74. The summed E-state index contributed by atoms with van der Waals surface area (Å²) in [5, 5.41) is 0. The Balaban J connectivity index is 1.99. The quantitative estimate of drug-likeness (QED) is 0.728. The molecule has 4 heteroatoms. The maximum Gasteiger partial charge on any atom is 0.220 e. The first-order valence-corrected chi connectivity index (χ1v) is 7.71. The molecule has 108 valence electrons. The summed E-state index contributed by atoms with van der Waals surface area (Å²) in [5.74, 6) is 0.283. The van der Waals surface area contributed by atoms with Crippen LogP contribution < -0.4 is 5.73 Å². The molecule has 0 amide bonds. The van der Waals surface area contributed by atoms with Crippen LogP contribution in [0.1, 0.15) is 11.3 Å². The fourth-order valence-corrected chi connectivity index (χ4v) is 2.97. The summed E-state index contributed by atoms with van der Waals surface area (Å²) in [4.78, 5) is 10.5. The van der Waals surface area contributed by atoms with Crippen LogP contribution in [0.25, 0.3) is 11.0 Å². The normalized spacial score (nSPS) is 11.4. The van der Waals surface area contributed by atoms with Gasteiger partial charge in [-0.05, 0) is 29.8 Å². The van der Waals surface area contributed by atoms with Crippen LogP contribution in [-0.4, -0.2) is 9.97 Å². The molecule has 2 N–H and O–H groups in total. The molecule has 0 radical (unpaired) electrons. The molecule has 3 aromatic rings. The number of rotatable bonds is 4. The molecule has 1 aromatic heterocycles. The van der Waals surface area contributed by atoms with Crippen LogP contribution in [0.15, 0.2) is 77.8 Å². The lowest BCUT2D eigenvalue weighted by molar-refractivity contribution is 1.17. The topological polar surface area (TPSA) is 51.8 Å². The van der Waals surface area contributed by atoms with E-state index < -0.39 is 0 Å². The number of nitrogens with two attached hydrogens (primary N) is 1. The lowest BCUT2D eigenvalue weighted by Crippen LogP contribution is -1.95. The van der Waals surface area contributed by atoms with E-state index in [0.29, 0.717) is 0 Å². The molecule has 0 saturated heterocycles. The van der Waals surface area contributed by atoms with Crippen molar-refractivity contribution in [2.24, 2.45) is 0 Å². The first-order chi connectivity index (χ1) is 10.8. The maximum atomic E-state index is 5.67. The van der Waals surface area contributed by atoms with Crippen molar-refractivity contribution in [2.45, 2.75) is 4.90 Å². The molecular formula is C18H15N3S. The van der Waals surface area contributed by atoms with Crippen molar-refractivity contribution in [3.63, 3.8) is 0 Å². The van der Waals surface area contributed by atoms with Crippen molar-refractivity contribution in [3.8, 4) is 0 Å². The average Bonchev–Trinajstić information content (AvgIpc) is 2.56. The van der Waals surface area contributed by atoms with E-state index in [1.807, 2.05) is 48.5 Å². The van der Waals surface area contributed by atoms with Gasteiger partial charge in [-0.15, -0.1) is 0 Å². The Morgan fingerprint density at radius 2 is 1.59 bits per heavy atom. The highest BCUT2D eigenvalue weighted by atomic mass is 32.2. The molecule has 0 unspecified atom stereocenters. The van der Waals surface area contributed by atoms with Crippen LogP contribution in [0.2, 0.25) is 0 Å². The van der Waals surface area contributed by atoms with Crippen LogP contribution >= 0.6 is 11.8 Å². The van der Waals surface area contributed by atoms with Gasteiger partial charge in [-0.3, -0.25) is 0 Å². The van der Waals surface area contributed by atoms with Crippen molar-refractivity contribution >= 4 is 28.7 Å². The molecule has 3 nitrogen and oxygen atoms in total. The van der Waals surface area contributed by atoms with Gasteiger partial charge in [0.05, 0.1) is 5.69 Å². The third-order valence-electron chi connectivity index (χ3n) is 3.00. The minimum absolute atomic E-state index is 0.283. The van der Waals surface area contributed by atoms with Crippen LogP contribution in [0.5, 0.6) is 0 Å². The van der Waals surface area contributed by atoms with E-state index in [4.69, 9.17) is 5.73 Å². The molecule has 22 heavy (non-hydrogen) atoms. The van der Waals surface area contributed by atoms with Gasteiger partial charge in [-0.25, -0.2) is 9.97 Å². The number of thioether (sulfide) groups is 1. The smallest absolute Gasteiger partial charge is 0.220 e. The van der Waals surface area contributed by atoms with E-state index in [2.05, 4.69) is 34.2 Å². The summed E-state index contributed by atoms with van der Waals surface area (Å²) in [5.41, 5.74) is 7.61. The van der Waals surface area contributed by atoms with Gasteiger partial charge in [0.1, 0.15) is 0 Å². The second kappa shape index (κ2) is 6.91. The van der Waals surface area contributed by atoms with Gasteiger partial charge in [-0.2, -0.15) is 0 Å². The van der Waals surface area contributed by atoms with Crippen molar-refractivity contribution < 1.29 is 0 Å². The standard InChI is InChI=1S/C18H15N3S/c19-18-20-12-11-15(21-18)13-17(14-7-3-1-4-8-14)22-16-9-5-2-6-10-16/h1-13H,(H2,19,20,21)/b17-13-. The Labute approximate surface area is 133 Å². The number of hydrogen-bond donors (Lipinski definition) is 1. The summed E-state index contributed by atoms with van der Waals surface area (Å²) in [6.45, 7) is 0. The summed E-state index contributed by atoms with van der Waals surface area (Å²) >= 11 is 1.70. The van der Waals surface area contributed by atoms with E-state index in [1.165, 1.54) is 4.90 Å². The lowest BCUT2D eigenvalue weighted by atomic mass is 10.2. The van der Waals surface area contributed by atoms with Gasteiger partial charge in [0.2, 0.25) is 5.95 Å². The zero-order valence-electron chi connectivity index (χ0n) is 11.9. The molecule has 0 fully saturated rings. The van der Waals surface area contributed by atoms with E-state index in [9.17, 15) is 0 Å². The van der Waals surface area contributed by atoms with E-state index >= 15 is 0 Å². The Bertz CT molecular complexity index is 771. The third-order valence-corrected chi connectivity index (χ3v) is 4.09. The van der Waals surface area contributed by atoms with E-state index in [1.54, 1.807) is 18.0 Å². The SMILES string of the molecule is Nc1nccc(/C=C(\Sc2ccccc2)c2ccccc2)n1. The van der Waals surface area contributed by atoms with Gasteiger partial charge < -0.3 is 5.73 Å². The minimum atomic E-state index is 0.283. The van der Waals surface area contributed by atoms with Crippen molar-refractivity contribution in [1.82, 2.24) is 9.97 Å². The molecule has 0 aliphatic heterocycles. The summed E-state index contributed by atoms with van der Waals surface area (Å²) < 4.78 is 0. The van der Waals surface area contributed by atoms with Crippen LogP contribution in [0.4, 0.5) is 5.95 Å². The second-order valence-corrected chi connectivity index (χ2v) is 5.74. The Morgan fingerprint density at radius 1 is 0.909 bits per heavy atom. The maximum absolute atomic E-state index is 5.67. The summed E-state index contributed by atoms with van der Waals surface area (Å²) in [7, 11) is 0. The van der Waals surface area contributed by atoms with Gasteiger partial charge in [0, 0.05) is 16.0 Å². The highest BCUT2D eigenvalue weighted by molar-refractivity contribution is 8.08. The number of anilines is 1. The molecular weight excluding hydrogens is 290 g/mol. The van der Waals surface area contributed by atoms with Gasteiger partial charge >= 0.3 is 0 Å². The molecule has 2 aromatic carbocycles. The van der Waals surface area contributed by atoms with Gasteiger partial charge in [-0.1, -0.05) is 60.3 Å². The summed E-state index contributed by atoms with van der Waals surface area (Å²) in [6.07, 6.45) is 3.70. The molecule has 0 spiro atoms. The lowest BCUT2D eigenvalue weighted by Gasteiger charge is -2.08. The molecule has 3 rings (SSSR count). The zero-order valence-corrected chi connectivity index (χ0v) is 12.7. The van der Waals surface area contributed by atoms with Crippen molar-refractivity contribution in [3.05, 3.63) is 84.2 Å². The van der Waals surface area contributed by atoms with Crippen LogP contribution in [0, 0.1) is 0 Å². The number of hydrogen-bond acceptors (Lipinski definition) is 4. The molecule has 0 atom stereocenters. The number of benzene rings is 2. The number of nitrogen functional groups attached to an aromatic ring is 1. The molecule has 0 bridgehead atoms. The Kier molecular flexibility index (Phi) is 4.51. The zero-order chi connectivity index (χ0) is 15.2. The Hall–Kier alpha value is -2.59. The van der Waals surface area contributed by atoms with Crippen LogP contribution in [-0.2, 0) is 0 Å².